The Morgan fingerprint density at radius 3 is 2.60 bits per heavy atom. The predicted octanol–water partition coefficient (Wildman–Crippen LogP) is 1.34. The van der Waals surface area contributed by atoms with Crippen LogP contribution in [0.15, 0.2) is 29.4 Å². The number of benzene rings is 1. The third kappa shape index (κ3) is 1.70. The Kier molecular flexibility index (Phi) is 2.19. The van der Waals surface area contributed by atoms with Crippen molar-refractivity contribution in [3.8, 4) is 0 Å². The van der Waals surface area contributed by atoms with E-state index in [9.17, 15) is 8.42 Å². The Bertz CT molecular complexity index is 620. The lowest BCUT2D eigenvalue weighted by Gasteiger charge is -2.04. The standard InChI is InChI=1S/C10H10N2O2S/c1-7-8-4-3-5-9(15(2,13)14)10(8)12-6-11-7/h3-6H,1-2H3. The van der Waals surface area contributed by atoms with Gasteiger partial charge in [-0.25, -0.2) is 18.4 Å². The number of aromatic nitrogens is 2. The SMILES string of the molecule is Cc1ncnc2c(S(C)(=O)=O)cccc12. The Balaban J connectivity index is 2.96. The van der Waals surface area contributed by atoms with Crippen LogP contribution in [0.5, 0.6) is 0 Å². The fourth-order valence-corrected chi connectivity index (χ4v) is 2.33. The van der Waals surface area contributed by atoms with Gasteiger partial charge in [-0.15, -0.1) is 0 Å². The summed E-state index contributed by atoms with van der Waals surface area (Å²) in [6, 6.07) is 5.08. The van der Waals surface area contributed by atoms with Gasteiger partial charge in [-0.1, -0.05) is 12.1 Å². The van der Waals surface area contributed by atoms with Crippen LogP contribution in [0.25, 0.3) is 10.9 Å². The largest absolute Gasteiger partial charge is 0.241 e. The molecule has 0 unspecified atom stereocenters. The van der Waals surface area contributed by atoms with Crippen LogP contribution in [0, 0.1) is 6.92 Å². The van der Waals surface area contributed by atoms with Crippen molar-refractivity contribution in [2.24, 2.45) is 0 Å². The highest BCUT2D eigenvalue weighted by molar-refractivity contribution is 7.91. The van der Waals surface area contributed by atoms with Crippen LogP contribution < -0.4 is 0 Å². The molecule has 4 nitrogen and oxygen atoms in total. The molecular formula is C10H10N2O2S. The van der Waals surface area contributed by atoms with Crippen molar-refractivity contribution in [1.82, 2.24) is 9.97 Å². The minimum absolute atomic E-state index is 0.255. The maximum Gasteiger partial charge on any atom is 0.177 e. The molecule has 2 rings (SSSR count). The maximum absolute atomic E-state index is 11.5. The van der Waals surface area contributed by atoms with Crippen molar-refractivity contribution in [2.75, 3.05) is 6.26 Å². The zero-order valence-electron chi connectivity index (χ0n) is 8.43. The second-order valence-corrected chi connectivity index (χ2v) is 5.37. The van der Waals surface area contributed by atoms with Crippen LogP contribution in [0.2, 0.25) is 0 Å². The molecule has 1 aromatic carbocycles. The average Bonchev–Trinajstić information content (AvgIpc) is 2.16. The van der Waals surface area contributed by atoms with Crippen molar-refractivity contribution in [3.05, 3.63) is 30.2 Å². The minimum Gasteiger partial charge on any atom is -0.241 e. The van der Waals surface area contributed by atoms with E-state index < -0.39 is 9.84 Å². The van der Waals surface area contributed by atoms with E-state index in [-0.39, 0.29) is 4.90 Å². The van der Waals surface area contributed by atoms with Crippen LogP contribution in [0.1, 0.15) is 5.69 Å². The van der Waals surface area contributed by atoms with Crippen molar-refractivity contribution in [3.63, 3.8) is 0 Å². The lowest BCUT2D eigenvalue weighted by Crippen LogP contribution is -2.00. The molecular weight excluding hydrogens is 212 g/mol. The second kappa shape index (κ2) is 3.27. The molecule has 0 radical (unpaired) electrons. The van der Waals surface area contributed by atoms with E-state index in [1.165, 1.54) is 12.6 Å². The summed E-state index contributed by atoms with van der Waals surface area (Å²) < 4.78 is 23.0. The van der Waals surface area contributed by atoms with Crippen LogP contribution in [-0.4, -0.2) is 24.6 Å². The molecule has 0 aliphatic heterocycles. The molecule has 0 atom stereocenters. The minimum atomic E-state index is -3.24. The summed E-state index contributed by atoms with van der Waals surface area (Å²) in [6.07, 6.45) is 2.56. The Morgan fingerprint density at radius 2 is 1.93 bits per heavy atom. The molecule has 0 bridgehead atoms. The highest BCUT2D eigenvalue weighted by Crippen LogP contribution is 2.21. The van der Waals surface area contributed by atoms with Crippen LogP contribution in [0.4, 0.5) is 0 Å². The summed E-state index contributed by atoms with van der Waals surface area (Å²) in [5.74, 6) is 0. The highest BCUT2D eigenvalue weighted by Gasteiger charge is 2.13. The predicted molar refractivity (Wildman–Crippen MR) is 57.4 cm³/mol. The second-order valence-electron chi connectivity index (χ2n) is 3.38. The van der Waals surface area contributed by atoms with Gasteiger partial charge in [-0.05, 0) is 13.0 Å². The molecule has 0 N–H and O–H groups in total. The quantitative estimate of drug-likeness (QED) is 0.730. The van der Waals surface area contributed by atoms with Gasteiger partial charge < -0.3 is 0 Å². The first-order valence-electron chi connectivity index (χ1n) is 4.40. The number of fused-ring (bicyclic) bond motifs is 1. The van der Waals surface area contributed by atoms with Gasteiger partial charge in [0.2, 0.25) is 0 Å². The van der Waals surface area contributed by atoms with Gasteiger partial charge >= 0.3 is 0 Å². The summed E-state index contributed by atoms with van der Waals surface area (Å²) in [5, 5.41) is 0.778. The molecule has 0 saturated heterocycles. The highest BCUT2D eigenvalue weighted by atomic mass is 32.2. The Hall–Kier alpha value is -1.49. The molecule has 0 aliphatic carbocycles. The zero-order chi connectivity index (χ0) is 11.1. The van der Waals surface area contributed by atoms with E-state index >= 15 is 0 Å². The average molecular weight is 222 g/mol. The van der Waals surface area contributed by atoms with E-state index in [4.69, 9.17) is 0 Å². The molecule has 78 valence electrons. The molecule has 0 spiro atoms. The summed E-state index contributed by atoms with van der Waals surface area (Å²) in [5.41, 5.74) is 1.28. The van der Waals surface area contributed by atoms with Gasteiger partial charge in [0.25, 0.3) is 0 Å². The first kappa shape index (κ1) is 10.0. The number of hydrogen-bond acceptors (Lipinski definition) is 4. The van der Waals surface area contributed by atoms with E-state index in [0.717, 1.165) is 11.1 Å². The van der Waals surface area contributed by atoms with Crippen LogP contribution >= 0.6 is 0 Å². The molecule has 15 heavy (non-hydrogen) atoms. The Morgan fingerprint density at radius 1 is 1.20 bits per heavy atom. The third-order valence-corrected chi connectivity index (χ3v) is 3.35. The molecule has 0 aliphatic rings. The first-order valence-corrected chi connectivity index (χ1v) is 6.29. The zero-order valence-corrected chi connectivity index (χ0v) is 9.25. The van der Waals surface area contributed by atoms with E-state index in [2.05, 4.69) is 9.97 Å². The number of para-hydroxylation sites is 1. The summed E-state index contributed by atoms with van der Waals surface area (Å²) >= 11 is 0. The molecule has 1 aromatic heterocycles. The van der Waals surface area contributed by atoms with Gasteiger partial charge in [-0.3, -0.25) is 0 Å². The van der Waals surface area contributed by atoms with Gasteiger partial charge in [0.1, 0.15) is 6.33 Å². The maximum atomic E-state index is 11.5. The smallest absolute Gasteiger partial charge is 0.177 e. The van der Waals surface area contributed by atoms with Crippen LogP contribution in [-0.2, 0) is 9.84 Å². The number of sulfone groups is 1. The van der Waals surface area contributed by atoms with Crippen LogP contribution in [0.3, 0.4) is 0 Å². The number of nitrogens with zero attached hydrogens (tertiary/aromatic N) is 2. The summed E-state index contributed by atoms with van der Waals surface area (Å²) in [6.45, 7) is 1.83. The molecule has 0 amide bonds. The van der Waals surface area contributed by atoms with Gasteiger partial charge in [0.05, 0.1) is 10.4 Å². The van der Waals surface area contributed by atoms with Crippen molar-refractivity contribution in [1.29, 1.82) is 0 Å². The van der Waals surface area contributed by atoms with Gasteiger partial charge in [-0.2, -0.15) is 0 Å². The lowest BCUT2D eigenvalue weighted by molar-refractivity contribution is 0.602. The van der Waals surface area contributed by atoms with E-state index in [1.807, 2.05) is 13.0 Å². The third-order valence-electron chi connectivity index (χ3n) is 2.23. The van der Waals surface area contributed by atoms with E-state index in [0.29, 0.717) is 5.52 Å². The summed E-state index contributed by atoms with van der Waals surface area (Å²) in [4.78, 5) is 8.30. The molecule has 5 heteroatoms. The molecule has 2 aromatic rings. The van der Waals surface area contributed by atoms with Crippen molar-refractivity contribution in [2.45, 2.75) is 11.8 Å². The number of aryl methyl sites for hydroxylation is 1. The van der Waals surface area contributed by atoms with Crippen molar-refractivity contribution < 1.29 is 8.42 Å². The first-order chi connectivity index (χ1) is 7.00. The molecule has 0 fully saturated rings. The van der Waals surface area contributed by atoms with Gasteiger partial charge in [0.15, 0.2) is 9.84 Å². The van der Waals surface area contributed by atoms with Gasteiger partial charge in [0, 0.05) is 17.3 Å². The topological polar surface area (TPSA) is 59.9 Å². The molecule has 1 heterocycles. The normalized spacial score (nSPS) is 11.9. The number of rotatable bonds is 1. The summed E-state index contributed by atoms with van der Waals surface area (Å²) in [7, 11) is -3.24. The molecule has 0 saturated carbocycles. The van der Waals surface area contributed by atoms with Crippen molar-refractivity contribution >= 4 is 20.7 Å². The number of hydrogen-bond donors (Lipinski definition) is 0. The fourth-order valence-electron chi connectivity index (χ4n) is 1.49. The lowest BCUT2D eigenvalue weighted by atomic mass is 10.2. The Labute approximate surface area is 87.9 Å². The van der Waals surface area contributed by atoms with E-state index in [1.54, 1.807) is 12.1 Å². The monoisotopic (exact) mass is 222 g/mol. The fraction of sp³-hybridized carbons (Fsp3) is 0.200.